The van der Waals surface area contributed by atoms with Crippen molar-refractivity contribution in [3.8, 4) is 0 Å². The third-order valence-electron chi connectivity index (χ3n) is 4.55. The number of hydrogen-bond acceptors (Lipinski definition) is 3. The molecule has 124 valence electrons. The van der Waals surface area contributed by atoms with Crippen LogP contribution in [0.15, 0.2) is 18.2 Å². The highest BCUT2D eigenvalue weighted by Crippen LogP contribution is 2.49. The van der Waals surface area contributed by atoms with Crippen molar-refractivity contribution in [1.29, 1.82) is 0 Å². The summed E-state index contributed by atoms with van der Waals surface area (Å²) in [5, 5.41) is 8.83. The Balaban J connectivity index is 1.58. The lowest BCUT2D eigenvalue weighted by molar-refractivity contribution is -0.141. The number of aliphatic hydroxyl groups excluding tert-OH is 1. The van der Waals surface area contributed by atoms with E-state index in [-0.39, 0.29) is 23.7 Å². The Morgan fingerprint density at radius 3 is 2.39 bits per heavy atom. The van der Waals surface area contributed by atoms with Crippen LogP contribution in [0, 0.1) is 17.6 Å². The number of aliphatic hydroxyl groups is 1. The van der Waals surface area contributed by atoms with E-state index in [0.29, 0.717) is 38.2 Å². The quantitative estimate of drug-likeness (QED) is 0.892. The van der Waals surface area contributed by atoms with E-state index in [1.54, 1.807) is 4.90 Å². The van der Waals surface area contributed by atoms with Crippen molar-refractivity contribution >= 4 is 11.8 Å². The summed E-state index contributed by atoms with van der Waals surface area (Å²) < 4.78 is 26.7. The summed E-state index contributed by atoms with van der Waals surface area (Å²) in [6, 6.07) is 3.45. The van der Waals surface area contributed by atoms with Gasteiger partial charge in [-0.2, -0.15) is 0 Å². The monoisotopic (exact) mass is 324 g/mol. The van der Waals surface area contributed by atoms with Gasteiger partial charge in [0.1, 0.15) is 18.2 Å². The predicted molar refractivity (Wildman–Crippen MR) is 77.5 cm³/mol. The van der Waals surface area contributed by atoms with Gasteiger partial charge < -0.3 is 14.9 Å². The van der Waals surface area contributed by atoms with Gasteiger partial charge in [0.15, 0.2) is 0 Å². The van der Waals surface area contributed by atoms with Gasteiger partial charge in [0.25, 0.3) is 0 Å². The van der Waals surface area contributed by atoms with Gasteiger partial charge in [0, 0.05) is 38.2 Å². The standard InChI is InChI=1S/C16H18F2N2O3/c17-10-1-2-11(14(18)7-10)12-8-13(12)16(23)20-5-3-19(4-6-20)15(22)9-21/h1-2,7,12-13,21H,3-6,8-9H2. The Bertz CT molecular complexity index is 630. The molecule has 0 radical (unpaired) electrons. The number of carbonyl (C=O) groups excluding carboxylic acids is 2. The Morgan fingerprint density at radius 2 is 1.78 bits per heavy atom. The summed E-state index contributed by atoms with van der Waals surface area (Å²) >= 11 is 0. The molecule has 1 heterocycles. The van der Waals surface area contributed by atoms with Crippen molar-refractivity contribution in [3.05, 3.63) is 35.4 Å². The molecule has 2 aliphatic rings. The highest BCUT2D eigenvalue weighted by molar-refractivity contribution is 5.83. The first-order valence-electron chi connectivity index (χ1n) is 7.63. The largest absolute Gasteiger partial charge is 0.387 e. The topological polar surface area (TPSA) is 60.9 Å². The van der Waals surface area contributed by atoms with Crippen LogP contribution in [0.4, 0.5) is 8.78 Å². The lowest BCUT2D eigenvalue weighted by Gasteiger charge is -2.34. The molecule has 1 aromatic carbocycles. The number of benzene rings is 1. The summed E-state index contributed by atoms with van der Waals surface area (Å²) in [4.78, 5) is 27.0. The number of piperazine rings is 1. The van der Waals surface area contributed by atoms with Crippen LogP contribution in [0.1, 0.15) is 17.9 Å². The third kappa shape index (κ3) is 3.19. The number of rotatable bonds is 3. The first kappa shape index (κ1) is 15.9. The van der Waals surface area contributed by atoms with Crippen LogP contribution < -0.4 is 0 Å². The minimum absolute atomic E-state index is 0.0465. The molecule has 2 amide bonds. The van der Waals surface area contributed by atoms with Crippen LogP contribution in [-0.4, -0.2) is 59.5 Å². The molecule has 2 unspecified atom stereocenters. The average molecular weight is 324 g/mol. The second-order valence-corrected chi connectivity index (χ2v) is 5.98. The fraction of sp³-hybridized carbons (Fsp3) is 0.500. The number of amides is 2. The van der Waals surface area contributed by atoms with Crippen molar-refractivity contribution in [2.24, 2.45) is 5.92 Å². The van der Waals surface area contributed by atoms with Crippen molar-refractivity contribution in [2.45, 2.75) is 12.3 Å². The zero-order valence-electron chi connectivity index (χ0n) is 12.5. The van der Waals surface area contributed by atoms with Crippen molar-refractivity contribution in [3.63, 3.8) is 0 Å². The summed E-state index contributed by atoms with van der Waals surface area (Å²) in [6.45, 7) is 1.10. The van der Waals surface area contributed by atoms with E-state index in [2.05, 4.69) is 0 Å². The maximum Gasteiger partial charge on any atom is 0.248 e. The van der Waals surface area contributed by atoms with Crippen LogP contribution >= 0.6 is 0 Å². The normalized spacial score (nSPS) is 23.8. The Hall–Kier alpha value is -2.02. The lowest BCUT2D eigenvalue weighted by Crippen LogP contribution is -2.51. The van der Waals surface area contributed by atoms with Gasteiger partial charge in [-0.25, -0.2) is 8.78 Å². The van der Waals surface area contributed by atoms with Crippen LogP contribution in [0.25, 0.3) is 0 Å². The Morgan fingerprint density at radius 1 is 1.13 bits per heavy atom. The smallest absolute Gasteiger partial charge is 0.248 e. The lowest BCUT2D eigenvalue weighted by atomic mass is 10.1. The van der Waals surface area contributed by atoms with Gasteiger partial charge in [0.2, 0.25) is 11.8 Å². The fourth-order valence-corrected chi connectivity index (χ4v) is 3.12. The zero-order chi connectivity index (χ0) is 16.6. The van der Waals surface area contributed by atoms with E-state index in [9.17, 15) is 18.4 Å². The van der Waals surface area contributed by atoms with Gasteiger partial charge in [-0.15, -0.1) is 0 Å². The fourth-order valence-electron chi connectivity index (χ4n) is 3.12. The maximum atomic E-state index is 13.8. The van der Waals surface area contributed by atoms with E-state index in [0.717, 1.165) is 6.07 Å². The molecule has 5 nitrogen and oxygen atoms in total. The van der Waals surface area contributed by atoms with Crippen molar-refractivity contribution in [2.75, 3.05) is 32.8 Å². The molecule has 0 spiro atoms. The van der Waals surface area contributed by atoms with E-state index in [1.165, 1.54) is 17.0 Å². The highest BCUT2D eigenvalue weighted by Gasteiger charge is 2.47. The Labute approximate surface area is 132 Å². The van der Waals surface area contributed by atoms with Crippen LogP contribution in [0.2, 0.25) is 0 Å². The second kappa shape index (κ2) is 6.23. The molecule has 23 heavy (non-hydrogen) atoms. The number of halogens is 2. The van der Waals surface area contributed by atoms with E-state index in [4.69, 9.17) is 5.11 Å². The molecular weight excluding hydrogens is 306 g/mol. The number of hydrogen-bond donors (Lipinski definition) is 1. The molecule has 1 saturated carbocycles. The summed E-state index contributed by atoms with van der Waals surface area (Å²) in [7, 11) is 0. The van der Waals surface area contributed by atoms with E-state index < -0.39 is 18.2 Å². The molecule has 1 saturated heterocycles. The molecule has 0 bridgehead atoms. The van der Waals surface area contributed by atoms with Gasteiger partial charge in [-0.3, -0.25) is 9.59 Å². The SMILES string of the molecule is O=C(CO)N1CCN(C(=O)C2CC2c2ccc(F)cc2F)CC1. The summed E-state index contributed by atoms with van der Waals surface area (Å²) in [5.74, 6) is -2.08. The molecule has 3 rings (SSSR count). The predicted octanol–water partition coefficient (Wildman–Crippen LogP) is 0.731. The third-order valence-corrected chi connectivity index (χ3v) is 4.55. The summed E-state index contributed by atoms with van der Waals surface area (Å²) in [6.07, 6.45) is 0.567. The van der Waals surface area contributed by atoms with Gasteiger partial charge in [-0.05, 0) is 24.0 Å². The van der Waals surface area contributed by atoms with Crippen LogP contribution in [-0.2, 0) is 9.59 Å². The molecule has 0 aromatic heterocycles. The number of carbonyl (C=O) groups is 2. The highest BCUT2D eigenvalue weighted by atomic mass is 19.1. The first-order chi connectivity index (χ1) is 11.0. The average Bonchev–Trinajstić information content (AvgIpc) is 3.34. The van der Waals surface area contributed by atoms with Crippen LogP contribution in [0.5, 0.6) is 0 Å². The van der Waals surface area contributed by atoms with Gasteiger partial charge >= 0.3 is 0 Å². The molecule has 2 fully saturated rings. The zero-order valence-corrected chi connectivity index (χ0v) is 12.5. The van der Waals surface area contributed by atoms with E-state index >= 15 is 0 Å². The van der Waals surface area contributed by atoms with Crippen LogP contribution in [0.3, 0.4) is 0 Å². The molecule has 1 aromatic rings. The molecule has 1 N–H and O–H groups in total. The molecular formula is C16H18F2N2O3. The number of nitrogens with zero attached hydrogens (tertiary/aromatic N) is 2. The molecule has 2 atom stereocenters. The van der Waals surface area contributed by atoms with Gasteiger partial charge in [-0.1, -0.05) is 6.07 Å². The first-order valence-corrected chi connectivity index (χ1v) is 7.63. The Kier molecular flexibility index (Phi) is 4.30. The van der Waals surface area contributed by atoms with Gasteiger partial charge in [0.05, 0.1) is 0 Å². The second-order valence-electron chi connectivity index (χ2n) is 5.98. The minimum Gasteiger partial charge on any atom is -0.387 e. The molecule has 1 aliphatic heterocycles. The van der Waals surface area contributed by atoms with Crippen molar-refractivity contribution < 1.29 is 23.5 Å². The maximum absolute atomic E-state index is 13.8. The minimum atomic E-state index is -0.626. The molecule has 7 heteroatoms. The molecule has 1 aliphatic carbocycles. The van der Waals surface area contributed by atoms with E-state index in [1.807, 2.05) is 0 Å². The summed E-state index contributed by atoms with van der Waals surface area (Å²) in [5.41, 5.74) is 0.388. The van der Waals surface area contributed by atoms with Crippen molar-refractivity contribution in [1.82, 2.24) is 9.80 Å².